The Hall–Kier alpha value is -1.97. The number of para-hydroxylation sites is 1. The number of anilines is 2. The molecule has 0 saturated carbocycles. The van der Waals surface area contributed by atoms with Crippen LogP contribution in [0.5, 0.6) is 0 Å². The molecule has 2 aromatic rings. The van der Waals surface area contributed by atoms with Gasteiger partial charge in [0.15, 0.2) is 5.82 Å². The Bertz CT molecular complexity index is 399. The zero-order chi connectivity index (χ0) is 9.80. The maximum Gasteiger partial charge on any atom is 0.227 e. The summed E-state index contributed by atoms with van der Waals surface area (Å²) in [6, 6.07) is 9.47. The topological polar surface area (TPSA) is 37.8 Å². The van der Waals surface area contributed by atoms with Crippen LogP contribution in [0.25, 0.3) is 0 Å². The molecule has 1 heterocycles. The minimum Gasteiger partial charge on any atom is -0.324 e. The van der Waals surface area contributed by atoms with Crippen LogP contribution in [0.2, 0.25) is 0 Å². The summed E-state index contributed by atoms with van der Waals surface area (Å²) in [6.07, 6.45) is 2.25. The fraction of sp³-hybridized carbons (Fsp3) is 0. The third kappa shape index (κ3) is 2.04. The molecule has 2 rings (SSSR count). The molecule has 0 aliphatic carbocycles. The van der Waals surface area contributed by atoms with Crippen LogP contribution in [0.15, 0.2) is 42.7 Å². The number of nitrogens with one attached hydrogen (secondary N) is 1. The quantitative estimate of drug-likeness (QED) is 0.788. The summed E-state index contributed by atoms with van der Waals surface area (Å²) < 4.78 is 12.5. The summed E-state index contributed by atoms with van der Waals surface area (Å²) in [5, 5.41) is 2.94. The van der Waals surface area contributed by atoms with Gasteiger partial charge in [0, 0.05) is 5.69 Å². The van der Waals surface area contributed by atoms with Crippen molar-refractivity contribution in [2.75, 3.05) is 5.32 Å². The highest BCUT2D eigenvalue weighted by Gasteiger charge is 1.96. The Morgan fingerprint density at radius 2 is 1.64 bits per heavy atom. The molecule has 0 atom stereocenters. The van der Waals surface area contributed by atoms with Crippen LogP contribution >= 0.6 is 0 Å². The molecule has 14 heavy (non-hydrogen) atoms. The van der Waals surface area contributed by atoms with E-state index in [1.54, 1.807) is 0 Å². The summed E-state index contributed by atoms with van der Waals surface area (Å²) in [7, 11) is 0. The van der Waals surface area contributed by atoms with Gasteiger partial charge in [0.2, 0.25) is 5.95 Å². The van der Waals surface area contributed by atoms with Gasteiger partial charge in [0.05, 0.1) is 12.4 Å². The molecule has 0 saturated heterocycles. The van der Waals surface area contributed by atoms with Crippen molar-refractivity contribution in [2.45, 2.75) is 0 Å². The van der Waals surface area contributed by atoms with E-state index in [0.29, 0.717) is 5.95 Å². The molecule has 0 aliphatic rings. The smallest absolute Gasteiger partial charge is 0.227 e. The van der Waals surface area contributed by atoms with Crippen molar-refractivity contribution >= 4 is 11.6 Å². The maximum absolute atomic E-state index is 12.5. The minimum atomic E-state index is -0.441. The summed E-state index contributed by atoms with van der Waals surface area (Å²) in [5.41, 5.74) is 0.874. The van der Waals surface area contributed by atoms with Crippen molar-refractivity contribution in [3.63, 3.8) is 0 Å². The predicted molar refractivity (Wildman–Crippen MR) is 51.7 cm³/mol. The van der Waals surface area contributed by atoms with E-state index in [1.807, 2.05) is 30.3 Å². The Balaban J connectivity index is 2.16. The largest absolute Gasteiger partial charge is 0.324 e. The average Bonchev–Trinajstić information content (AvgIpc) is 2.23. The second-order valence-corrected chi connectivity index (χ2v) is 2.72. The van der Waals surface area contributed by atoms with Gasteiger partial charge in [0.1, 0.15) is 0 Å². The number of benzene rings is 1. The van der Waals surface area contributed by atoms with Crippen molar-refractivity contribution in [1.29, 1.82) is 0 Å². The summed E-state index contributed by atoms with van der Waals surface area (Å²) in [5.74, 6) is -0.0544. The van der Waals surface area contributed by atoms with Crippen LogP contribution in [-0.4, -0.2) is 9.97 Å². The first-order valence-corrected chi connectivity index (χ1v) is 4.14. The highest BCUT2D eigenvalue weighted by molar-refractivity contribution is 5.52. The fourth-order valence-electron chi connectivity index (χ4n) is 1.03. The lowest BCUT2D eigenvalue weighted by molar-refractivity contribution is 0.614. The lowest BCUT2D eigenvalue weighted by atomic mass is 10.3. The highest BCUT2D eigenvalue weighted by atomic mass is 19.1. The van der Waals surface area contributed by atoms with Gasteiger partial charge in [-0.2, -0.15) is 0 Å². The van der Waals surface area contributed by atoms with E-state index >= 15 is 0 Å². The van der Waals surface area contributed by atoms with Gasteiger partial charge < -0.3 is 5.32 Å². The molecular weight excluding hydrogens is 181 g/mol. The molecule has 0 radical (unpaired) electrons. The van der Waals surface area contributed by atoms with E-state index in [-0.39, 0.29) is 0 Å². The van der Waals surface area contributed by atoms with Gasteiger partial charge in [-0.1, -0.05) is 18.2 Å². The number of hydrogen-bond acceptors (Lipinski definition) is 3. The summed E-state index contributed by atoms with van der Waals surface area (Å²) in [6.45, 7) is 0. The van der Waals surface area contributed by atoms with E-state index in [4.69, 9.17) is 0 Å². The molecule has 1 N–H and O–H groups in total. The highest BCUT2D eigenvalue weighted by Crippen LogP contribution is 2.10. The molecule has 0 unspecified atom stereocenters. The van der Waals surface area contributed by atoms with Crippen molar-refractivity contribution in [3.8, 4) is 0 Å². The molecule has 0 spiro atoms. The Kier molecular flexibility index (Phi) is 2.36. The van der Waals surface area contributed by atoms with Gasteiger partial charge in [-0.25, -0.2) is 14.4 Å². The molecule has 0 aliphatic heterocycles. The van der Waals surface area contributed by atoms with Crippen LogP contribution in [-0.2, 0) is 0 Å². The van der Waals surface area contributed by atoms with Gasteiger partial charge in [-0.05, 0) is 12.1 Å². The van der Waals surface area contributed by atoms with Crippen LogP contribution in [0.3, 0.4) is 0 Å². The normalized spacial score (nSPS) is 9.79. The second kappa shape index (κ2) is 3.83. The Morgan fingerprint density at radius 3 is 2.29 bits per heavy atom. The number of rotatable bonds is 2. The van der Waals surface area contributed by atoms with Gasteiger partial charge >= 0.3 is 0 Å². The predicted octanol–water partition coefficient (Wildman–Crippen LogP) is 2.36. The second-order valence-electron chi connectivity index (χ2n) is 2.72. The van der Waals surface area contributed by atoms with Crippen molar-refractivity contribution in [1.82, 2.24) is 9.97 Å². The van der Waals surface area contributed by atoms with E-state index in [9.17, 15) is 4.39 Å². The monoisotopic (exact) mass is 189 g/mol. The molecule has 1 aromatic carbocycles. The zero-order valence-corrected chi connectivity index (χ0v) is 7.31. The first-order valence-electron chi connectivity index (χ1n) is 4.14. The van der Waals surface area contributed by atoms with Gasteiger partial charge in [-0.3, -0.25) is 0 Å². The number of hydrogen-bond donors (Lipinski definition) is 1. The Morgan fingerprint density at radius 1 is 1.00 bits per heavy atom. The lowest BCUT2D eigenvalue weighted by Crippen LogP contribution is -1.96. The third-order valence-corrected chi connectivity index (χ3v) is 1.65. The van der Waals surface area contributed by atoms with Crippen LogP contribution in [0, 0.1) is 5.82 Å². The van der Waals surface area contributed by atoms with Crippen LogP contribution < -0.4 is 5.32 Å². The van der Waals surface area contributed by atoms with Crippen LogP contribution in [0.1, 0.15) is 0 Å². The summed E-state index contributed by atoms with van der Waals surface area (Å²) in [4.78, 5) is 7.55. The van der Waals surface area contributed by atoms with Crippen molar-refractivity contribution < 1.29 is 4.39 Å². The number of aromatic nitrogens is 2. The lowest BCUT2D eigenvalue weighted by Gasteiger charge is -2.02. The van der Waals surface area contributed by atoms with Crippen molar-refractivity contribution in [2.24, 2.45) is 0 Å². The third-order valence-electron chi connectivity index (χ3n) is 1.65. The van der Waals surface area contributed by atoms with E-state index in [0.717, 1.165) is 18.1 Å². The molecule has 0 fully saturated rings. The Labute approximate surface area is 80.6 Å². The number of halogens is 1. The average molecular weight is 189 g/mol. The van der Waals surface area contributed by atoms with E-state index in [1.165, 1.54) is 0 Å². The molecule has 70 valence electrons. The summed E-state index contributed by atoms with van der Waals surface area (Å²) >= 11 is 0. The standard InChI is InChI=1S/C10H8FN3/c11-8-6-12-10(13-7-8)14-9-4-2-1-3-5-9/h1-7H,(H,12,13,14). The van der Waals surface area contributed by atoms with Crippen molar-refractivity contribution in [3.05, 3.63) is 48.5 Å². The number of nitrogens with zero attached hydrogens (tertiary/aromatic N) is 2. The van der Waals surface area contributed by atoms with E-state index in [2.05, 4.69) is 15.3 Å². The SMILES string of the molecule is Fc1cnc(Nc2ccccc2)nc1. The van der Waals surface area contributed by atoms with Crippen LogP contribution in [0.4, 0.5) is 16.0 Å². The molecule has 4 heteroatoms. The minimum absolute atomic E-state index is 0.387. The first kappa shape index (κ1) is 8.62. The molecule has 3 nitrogen and oxygen atoms in total. The molecule has 1 aromatic heterocycles. The fourth-order valence-corrected chi connectivity index (χ4v) is 1.03. The maximum atomic E-state index is 12.5. The zero-order valence-electron chi connectivity index (χ0n) is 7.31. The molecule has 0 amide bonds. The van der Waals surface area contributed by atoms with Gasteiger partial charge in [-0.15, -0.1) is 0 Å². The van der Waals surface area contributed by atoms with E-state index < -0.39 is 5.82 Å². The molecule has 0 bridgehead atoms. The van der Waals surface area contributed by atoms with Gasteiger partial charge in [0.25, 0.3) is 0 Å². The first-order chi connectivity index (χ1) is 6.84. The molecular formula is C10H8FN3.